The van der Waals surface area contributed by atoms with Crippen molar-refractivity contribution in [2.75, 3.05) is 0 Å². The van der Waals surface area contributed by atoms with Gasteiger partial charge < -0.3 is 0 Å². The molecule has 0 aliphatic carbocycles. The van der Waals surface area contributed by atoms with Gasteiger partial charge in [-0.2, -0.15) is 5.26 Å². The van der Waals surface area contributed by atoms with Crippen LogP contribution in [-0.4, -0.2) is 14.8 Å². The van der Waals surface area contributed by atoms with Crippen LogP contribution < -0.4 is 5.56 Å². The van der Waals surface area contributed by atoms with Crippen LogP contribution in [0.15, 0.2) is 58.5 Å². The molecule has 0 fully saturated rings. The Balaban J connectivity index is 2.30. The number of para-hydroxylation sites is 1. The van der Waals surface area contributed by atoms with E-state index in [0.717, 1.165) is 0 Å². The van der Waals surface area contributed by atoms with Crippen molar-refractivity contribution in [1.82, 2.24) is 9.55 Å². The molecule has 23 heavy (non-hydrogen) atoms. The summed E-state index contributed by atoms with van der Waals surface area (Å²) in [5.74, 6) is -0.379. The molecule has 0 bridgehead atoms. The highest BCUT2D eigenvalue weighted by Crippen LogP contribution is 2.24. The van der Waals surface area contributed by atoms with E-state index < -0.39 is 0 Å². The topological polar surface area (TPSA) is 58.7 Å². The molecule has 3 rings (SSSR count). The van der Waals surface area contributed by atoms with Crippen LogP contribution in [0.5, 0.6) is 0 Å². The second kappa shape index (κ2) is 6.23. The molecule has 0 saturated heterocycles. The van der Waals surface area contributed by atoms with Gasteiger partial charge in [0.2, 0.25) is 0 Å². The van der Waals surface area contributed by atoms with Gasteiger partial charge in [-0.1, -0.05) is 23.9 Å². The van der Waals surface area contributed by atoms with Gasteiger partial charge in [-0.25, -0.2) is 9.37 Å². The van der Waals surface area contributed by atoms with Gasteiger partial charge in [0.1, 0.15) is 5.82 Å². The van der Waals surface area contributed by atoms with Crippen molar-refractivity contribution in [2.45, 2.75) is 17.3 Å². The number of benzene rings is 2. The lowest BCUT2D eigenvalue weighted by Crippen LogP contribution is -2.22. The fourth-order valence-corrected chi connectivity index (χ4v) is 3.01. The molecule has 3 aromatic rings. The molecular weight excluding hydrogens is 313 g/mol. The Kier molecular flexibility index (Phi) is 4.13. The minimum Gasteiger partial charge on any atom is -0.268 e. The Hall–Kier alpha value is -2.65. The maximum Gasteiger partial charge on any atom is 0.266 e. The van der Waals surface area contributed by atoms with E-state index in [-0.39, 0.29) is 16.6 Å². The summed E-state index contributed by atoms with van der Waals surface area (Å²) in [7, 11) is 0. The molecule has 2 aromatic carbocycles. The first kappa shape index (κ1) is 15.3. The number of hydrogen-bond donors (Lipinski definition) is 0. The van der Waals surface area contributed by atoms with Crippen molar-refractivity contribution in [3.05, 3.63) is 64.7 Å². The quantitative estimate of drug-likeness (QED) is 0.546. The highest BCUT2D eigenvalue weighted by atomic mass is 32.2. The molecule has 4 nitrogen and oxygen atoms in total. The Morgan fingerprint density at radius 1 is 1.22 bits per heavy atom. The van der Waals surface area contributed by atoms with Gasteiger partial charge in [0.05, 0.1) is 27.9 Å². The SMILES string of the molecule is C[C@H](C#N)Sc1nc2ccccc2c(=O)n1-c1ccc(F)cc1. The van der Waals surface area contributed by atoms with Gasteiger partial charge in [0.15, 0.2) is 5.16 Å². The average molecular weight is 325 g/mol. The monoisotopic (exact) mass is 325 g/mol. The number of hydrogen-bond acceptors (Lipinski definition) is 4. The smallest absolute Gasteiger partial charge is 0.266 e. The molecule has 0 unspecified atom stereocenters. The Morgan fingerprint density at radius 3 is 2.61 bits per heavy atom. The van der Waals surface area contributed by atoms with Gasteiger partial charge in [0, 0.05) is 0 Å². The van der Waals surface area contributed by atoms with Crippen LogP contribution >= 0.6 is 11.8 Å². The first-order valence-corrected chi connectivity index (χ1v) is 7.82. The Morgan fingerprint density at radius 2 is 1.91 bits per heavy atom. The number of fused-ring (bicyclic) bond motifs is 1. The van der Waals surface area contributed by atoms with Gasteiger partial charge in [0.25, 0.3) is 5.56 Å². The number of nitrogens with zero attached hydrogens (tertiary/aromatic N) is 3. The normalized spacial score (nSPS) is 12.0. The molecule has 0 saturated carbocycles. The van der Waals surface area contributed by atoms with Crippen LogP contribution in [0.3, 0.4) is 0 Å². The summed E-state index contributed by atoms with van der Waals surface area (Å²) in [6.07, 6.45) is 0. The molecule has 0 radical (unpaired) electrons. The maximum atomic E-state index is 13.2. The van der Waals surface area contributed by atoms with Crippen LogP contribution in [0.2, 0.25) is 0 Å². The molecule has 1 heterocycles. The lowest BCUT2D eigenvalue weighted by atomic mass is 10.2. The summed E-state index contributed by atoms with van der Waals surface area (Å²) >= 11 is 1.20. The summed E-state index contributed by atoms with van der Waals surface area (Å²) in [6, 6.07) is 14.8. The first-order valence-electron chi connectivity index (χ1n) is 6.94. The number of nitriles is 1. The van der Waals surface area contributed by atoms with Crippen molar-refractivity contribution in [3.63, 3.8) is 0 Å². The first-order chi connectivity index (χ1) is 11.1. The van der Waals surface area contributed by atoms with E-state index in [9.17, 15) is 9.18 Å². The van der Waals surface area contributed by atoms with Gasteiger partial charge in [-0.3, -0.25) is 9.36 Å². The minimum absolute atomic E-state index is 0.241. The zero-order chi connectivity index (χ0) is 16.4. The zero-order valence-electron chi connectivity index (χ0n) is 12.2. The number of halogens is 1. The Labute approximate surface area is 136 Å². The molecule has 114 valence electrons. The van der Waals surface area contributed by atoms with E-state index >= 15 is 0 Å². The Bertz CT molecular complexity index is 960. The molecule has 0 aliphatic heterocycles. The summed E-state index contributed by atoms with van der Waals surface area (Å²) in [4.78, 5) is 17.3. The third kappa shape index (κ3) is 2.96. The number of thioether (sulfide) groups is 1. The van der Waals surface area contributed by atoms with Crippen molar-refractivity contribution < 1.29 is 4.39 Å². The van der Waals surface area contributed by atoms with E-state index in [0.29, 0.717) is 21.7 Å². The van der Waals surface area contributed by atoms with E-state index in [1.807, 2.05) is 0 Å². The van der Waals surface area contributed by atoms with Crippen LogP contribution in [0.25, 0.3) is 16.6 Å². The van der Waals surface area contributed by atoms with E-state index in [1.54, 1.807) is 31.2 Å². The third-order valence-electron chi connectivity index (χ3n) is 3.29. The highest BCUT2D eigenvalue weighted by molar-refractivity contribution is 8.00. The number of aromatic nitrogens is 2. The predicted molar refractivity (Wildman–Crippen MR) is 88.2 cm³/mol. The average Bonchev–Trinajstić information content (AvgIpc) is 2.56. The second-order valence-corrected chi connectivity index (χ2v) is 6.23. The van der Waals surface area contributed by atoms with E-state index in [2.05, 4.69) is 11.1 Å². The second-order valence-electron chi connectivity index (χ2n) is 4.92. The van der Waals surface area contributed by atoms with E-state index in [1.165, 1.54) is 40.6 Å². The standard InChI is InChI=1S/C17H12FN3OS/c1-11(10-19)23-17-20-15-5-3-2-4-14(15)16(22)21(17)13-8-6-12(18)7-9-13/h2-9,11H,1H3/t11-/m1/s1. The fourth-order valence-electron chi connectivity index (χ4n) is 2.19. The molecule has 1 aromatic heterocycles. The minimum atomic E-state index is -0.379. The predicted octanol–water partition coefficient (Wildman–Crippen LogP) is 3.53. The fraction of sp³-hybridized carbons (Fsp3) is 0.118. The summed E-state index contributed by atoms with van der Waals surface area (Å²) in [6.45, 7) is 1.74. The van der Waals surface area contributed by atoms with Crippen LogP contribution in [0.1, 0.15) is 6.92 Å². The summed E-state index contributed by atoms with van der Waals surface area (Å²) in [5, 5.41) is 9.56. The molecule has 0 aliphatic rings. The lowest BCUT2D eigenvalue weighted by molar-refractivity contribution is 0.627. The third-order valence-corrected chi connectivity index (χ3v) is 4.24. The number of rotatable bonds is 3. The maximum absolute atomic E-state index is 13.2. The van der Waals surface area contributed by atoms with Crippen molar-refractivity contribution in [1.29, 1.82) is 5.26 Å². The largest absolute Gasteiger partial charge is 0.268 e. The zero-order valence-corrected chi connectivity index (χ0v) is 13.0. The van der Waals surface area contributed by atoms with Gasteiger partial charge in [-0.05, 0) is 43.3 Å². The molecule has 0 spiro atoms. The van der Waals surface area contributed by atoms with Crippen LogP contribution in [0.4, 0.5) is 4.39 Å². The van der Waals surface area contributed by atoms with Crippen LogP contribution in [0, 0.1) is 17.1 Å². The summed E-state index contributed by atoms with van der Waals surface area (Å²) in [5.41, 5.74) is 0.848. The lowest BCUT2D eigenvalue weighted by Gasteiger charge is -2.13. The molecule has 6 heteroatoms. The van der Waals surface area contributed by atoms with Crippen LogP contribution in [-0.2, 0) is 0 Å². The van der Waals surface area contributed by atoms with Crippen molar-refractivity contribution >= 4 is 22.7 Å². The van der Waals surface area contributed by atoms with Crippen molar-refractivity contribution in [3.8, 4) is 11.8 Å². The highest BCUT2D eigenvalue weighted by Gasteiger charge is 2.15. The molecule has 1 atom stereocenters. The molecule has 0 amide bonds. The summed E-state index contributed by atoms with van der Waals surface area (Å²) < 4.78 is 14.6. The van der Waals surface area contributed by atoms with Gasteiger partial charge in [-0.15, -0.1) is 0 Å². The van der Waals surface area contributed by atoms with E-state index in [4.69, 9.17) is 5.26 Å². The molecular formula is C17H12FN3OS. The van der Waals surface area contributed by atoms with Gasteiger partial charge >= 0.3 is 0 Å². The van der Waals surface area contributed by atoms with Crippen molar-refractivity contribution in [2.24, 2.45) is 0 Å². The molecule has 0 N–H and O–H groups in total.